The predicted molar refractivity (Wildman–Crippen MR) is 64.8 cm³/mol. The molecule has 1 saturated carbocycles. The Hall–Kier alpha value is -0.130. The van der Waals surface area contributed by atoms with Gasteiger partial charge in [0.15, 0.2) is 0 Å². The fraction of sp³-hybridized carbons (Fsp3) is 1.00. The minimum atomic E-state index is -3.04. The van der Waals surface area contributed by atoms with E-state index in [0.717, 1.165) is 32.4 Å². The highest BCUT2D eigenvalue weighted by atomic mass is 32.2. The van der Waals surface area contributed by atoms with Gasteiger partial charge in [0.05, 0.1) is 5.75 Å². The molecule has 4 nitrogen and oxygen atoms in total. The van der Waals surface area contributed by atoms with Gasteiger partial charge in [0.1, 0.15) is 0 Å². The van der Waals surface area contributed by atoms with E-state index in [4.69, 9.17) is 0 Å². The van der Waals surface area contributed by atoms with Crippen LogP contribution in [0.3, 0.4) is 0 Å². The lowest BCUT2D eigenvalue weighted by molar-refractivity contribution is 0.307. The summed E-state index contributed by atoms with van der Waals surface area (Å²) in [6, 6.07) is 0.111. The fourth-order valence-corrected chi connectivity index (χ4v) is 3.84. The SMILES string of the molecule is O=S(=O)(CCC1CCC1)N[C@@H]1CCCNC1. The molecule has 0 unspecified atom stereocenters. The van der Waals surface area contributed by atoms with E-state index >= 15 is 0 Å². The van der Waals surface area contributed by atoms with Crippen LogP contribution in [0.5, 0.6) is 0 Å². The van der Waals surface area contributed by atoms with Gasteiger partial charge in [-0.25, -0.2) is 13.1 Å². The lowest BCUT2D eigenvalue weighted by atomic mass is 9.84. The van der Waals surface area contributed by atoms with Gasteiger partial charge in [-0.2, -0.15) is 0 Å². The topological polar surface area (TPSA) is 58.2 Å². The van der Waals surface area contributed by atoms with E-state index in [0.29, 0.717) is 11.7 Å². The molecule has 0 radical (unpaired) electrons. The predicted octanol–water partition coefficient (Wildman–Crippen LogP) is 0.848. The maximum absolute atomic E-state index is 11.8. The Bertz CT molecular complexity index is 306. The zero-order valence-electron chi connectivity index (χ0n) is 9.74. The largest absolute Gasteiger partial charge is 0.315 e. The highest BCUT2D eigenvalue weighted by Crippen LogP contribution is 2.29. The summed E-state index contributed by atoms with van der Waals surface area (Å²) in [6.45, 7) is 1.79. The van der Waals surface area contributed by atoms with Gasteiger partial charge < -0.3 is 5.32 Å². The molecule has 0 spiro atoms. The van der Waals surface area contributed by atoms with Gasteiger partial charge >= 0.3 is 0 Å². The van der Waals surface area contributed by atoms with Crippen molar-refractivity contribution in [3.05, 3.63) is 0 Å². The first kappa shape index (κ1) is 12.3. The molecule has 0 aromatic carbocycles. The zero-order chi connectivity index (χ0) is 11.4. The van der Waals surface area contributed by atoms with Gasteiger partial charge in [-0.3, -0.25) is 0 Å². The Kier molecular flexibility index (Phi) is 4.21. The van der Waals surface area contributed by atoms with Crippen LogP contribution in [0.15, 0.2) is 0 Å². The first-order chi connectivity index (χ1) is 7.66. The molecule has 0 aromatic rings. The molecule has 2 aliphatic rings. The van der Waals surface area contributed by atoms with Crippen LogP contribution < -0.4 is 10.0 Å². The number of hydrogen-bond acceptors (Lipinski definition) is 3. The quantitative estimate of drug-likeness (QED) is 0.756. The minimum Gasteiger partial charge on any atom is -0.315 e. The van der Waals surface area contributed by atoms with Crippen molar-refractivity contribution in [2.45, 2.75) is 44.6 Å². The fourth-order valence-electron chi connectivity index (χ4n) is 2.37. The van der Waals surface area contributed by atoms with Gasteiger partial charge in [0.25, 0.3) is 0 Å². The third-order valence-electron chi connectivity index (χ3n) is 3.66. The first-order valence-corrected chi connectivity index (χ1v) is 8.02. The van der Waals surface area contributed by atoms with Crippen LogP contribution in [0.4, 0.5) is 0 Å². The third kappa shape index (κ3) is 3.71. The number of hydrogen-bond donors (Lipinski definition) is 2. The molecule has 2 rings (SSSR count). The van der Waals surface area contributed by atoms with Crippen LogP contribution in [0.2, 0.25) is 0 Å². The van der Waals surface area contributed by atoms with Crippen LogP contribution in [0, 0.1) is 5.92 Å². The molecule has 1 atom stereocenters. The summed E-state index contributed by atoms with van der Waals surface area (Å²) in [7, 11) is -3.04. The molecule has 1 aliphatic carbocycles. The first-order valence-electron chi connectivity index (χ1n) is 6.36. The maximum atomic E-state index is 11.8. The van der Waals surface area contributed by atoms with Crippen molar-refractivity contribution >= 4 is 10.0 Å². The van der Waals surface area contributed by atoms with Crippen molar-refractivity contribution in [2.75, 3.05) is 18.8 Å². The van der Waals surface area contributed by atoms with Crippen molar-refractivity contribution in [2.24, 2.45) is 5.92 Å². The van der Waals surface area contributed by atoms with Crippen molar-refractivity contribution in [3.63, 3.8) is 0 Å². The molecule has 5 heteroatoms. The van der Waals surface area contributed by atoms with E-state index in [1.807, 2.05) is 0 Å². The molecule has 2 fully saturated rings. The zero-order valence-corrected chi connectivity index (χ0v) is 10.6. The third-order valence-corrected chi connectivity index (χ3v) is 5.13. The van der Waals surface area contributed by atoms with Crippen LogP contribution >= 0.6 is 0 Å². The number of piperidine rings is 1. The van der Waals surface area contributed by atoms with Gasteiger partial charge in [0, 0.05) is 12.6 Å². The van der Waals surface area contributed by atoms with Crippen molar-refractivity contribution in [3.8, 4) is 0 Å². The van der Waals surface area contributed by atoms with Gasteiger partial charge in [-0.1, -0.05) is 19.3 Å². The monoisotopic (exact) mass is 246 g/mol. The Morgan fingerprint density at radius 3 is 2.56 bits per heavy atom. The lowest BCUT2D eigenvalue weighted by Crippen LogP contribution is -2.46. The Labute approximate surface area is 98.2 Å². The van der Waals surface area contributed by atoms with Gasteiger partial charge in [-0.15, -0.1) is 0 Å². The minimum absolute atomic E-state index is 0.111. The van der Waals surface area contributed by atoms with Crippen molar-refractivity contribution in [1.29, 1.82) is 0 Å². The van der Waals surface area contributed by atoms with Crippen LogP contribution in [0.1, 0.15) is 38.5 Å². The molecule has 1 aliphatic heterocycles. The summed E-state index contributed by atoms with van der Waals surface area (Å²) in [4.78, 5) is 0. The highest BCUT2D eigenvalue weighted by molar-refractivity contribution is 7.89. The highest BCUT2D eigenvalue weighted by Gasteiger charge is 2.23. The van der Waals surface area contributed by atoms with E-state index in [9.17, 15) is 8.42 Å². The van der Waals surface area contributed by atoms with E-state index < -0.39 is 10.0 Å². The second-order valence-electron chi connectivity index (χ2n) is 5.07. The summed E-state index contributed by atoms with van der Waals surface area (Å²) in [5, 5.41) is 3.22. The molecular formula is C11H22N2O2S. The average Bonchev–Trinajstić information content (AvgIpc) is 2.15. The molecule has 16 heavy (non-hydrogen) atoms. The molecule has 2 N–H and O–H groups in total. The van der Waals surface area contributed by atoms with Crippen LogP contribution in [-0.2, 0) is 10.0 Å². The molecule has 0 aromatic heterocycles. The van der Waals surface area contributed by atoms with E-state index in [2.05, 4.69) is 10.0 Å². The van der Waals surface area contributed by atoms with Gasteiger partial charge in [-0.05, 0) is 31.7 Å². The molecule has 94 valence electrons. The second-order valence-corrected chi connectivity index (χ2v) is 6.94. The summed E-state index contributed by atoms with van der Waals surface area (Å²) in [5.41, 5.74) is 0. The average molecular weight is 246 g/mol. The molecule has 1 saturated heterocycles. The summed E-state index contributed by atoms with van der Waals surface area (Å²) >= 11 is 0. The van der Waals surface area contributed by atoms with Crippen LogP contribution in [-0.4, -0.2) is 33.3 Å². The number of rotatable bonds is 5. The Balaban J connectivity index is 1.72. The summed E-state index contributed by atoms with van der Waals surface area (Å²) in [5.74, 6) is 0.981. The summed E-state index contributed by atoms with van der Waals surface area (Å²) < 4.78 is 26.4. The molecular weight excluding hydrogens is 224 g/mol. The normalized spacial score (nSPS) is 27.6. The molecule has 0 amide bonds. The second kappa shape index (κ2) is 5.47. The smallest absolute Gasteiger partial charge is 0.211 e. The summed E-state index contributed by atoms with van der Waals surface area (Å²) in [6.07, 6.45) is 6.60. The number of sulfonamides is 1. The Morgan fingerprint density at radius 2 is 2.00 bits per heavy atom. The lowest BCUT2D eigenvalue weighted by Gasteiger charge is -2.26. The van der Waals surface area contributed by atoms with Crippen LogP contribution in [0.25, 0.3) is 0 Å². The molecule has 0 bridgehead atoms. The van der Waals surface area contributed by atoms with E-state index in [1.165, 1.54) is 19.3 Å². The standard InChI is InChI=1S/C11H22N2O2S/c14-16(15,8-6-10-3-1-4-10)13-11-5-2-7-12-9-11/h10-13H,1-9H2/t11-/m1/s1. The van der Waals surface area contributed by atoms with Gasteiger partial charge in [0.2, 0.25) is 10.0 Å². The molecule has 1 heterocycles. The van der Waals surface area contributed by atoms with Crippen molar-refractivity contribution < 1.29 is 8.42 Å². The van der Waals surface area contributed by atoms with E-state index in [1.54, 1.807) is 0 Å². The number of nitrogens with one attached hydrogen (secondary N) is 2. The maximum Gasteiger partial charge on any atom is 0.211 e. The Morgan fingerprint density at radius 1 is 1.19 bits per heavy atom. The van der Waals surface area contributed by atoms with E-state index in [-0.39, 0.29) is 6.04 Å². The van der Waals surface area contributed by atoms with Crippen molar-refractivity contribution in [1.82, 2.24) is 10.0 Å².